The van der Waals surface area contributed by atoms with E-state index in [2.05, 4.69) is 45.3 Å². The predicted molar refractivity (Wildman–Crippen MR) is 401 cm³/mol. The normalized spacial score (nSPS) is 22.4. The minimum atomic E-state index is -5.46. The summed E-state index contributed by atoms with van der Waals surface area (Å²) in [5.74, 6) is -3.90. The van der Waals surface area contributed by atoms with Crippen molar-refractivity contribution < 1.29 is 111 Å². The largest absolute Gasteiger partial charge is 0.470 e. The highest BCUT2D eigenvalue weighted by Crippen LogP contribution is 2.44. The second kappa shape index (κ2) is 60.1. The standard InChI is InChI=1S/C77H146N2O23P2/c1-7-12-17-22-27-30-35-39-44-48-59(81)53-68(86)97-62(51-46-40-34-26-21-16-11-5)56-65(83)78-70-73(89)74(101-104(92,93)94)63(57-80)98-76(70)95-58-64-72(88)75(100-69(87)54-60(82)49-43-38-33-25-20-15-10-4)71(77(99-64)102-103(6,90)91)79-66(84)55-61(50-45-41-36-31-28-23-18-13-8-2)96-67(85)52-47-42-37-32-29-24-19-14-9-3/h59-64,70-77,80-82,88-89H,7-58H2,1-6H3,(H,78,83)(H,79,84)(H,90,91)(H2,92,93,94)/t59-,60-,61-,62-,63?,64?,70?,71?,72?,73?,74?,75?,76?,77?/m1/s1. The fourth-order valence-electron chi connectivity index (χ4n) is 13.7. The second-order valence-corrected chi connectivity index (χ2v) is 32.7. The van der Waals surface area contributed by atoms with Crippen LogP contribution in [0.25, 0.3) is 0 Å². The smallest absolute Gasteiger partial charge is 0.462 e. The summed E-state index contributed by atoms with van der Waals surface area (Å²) in [5.41, 5.74) is 0. The van der Waals surface area contributed by atoms with Crippen LogP contribution in [0.15, 0.2) is 0 Å². The van der Waals surface area contributed by atoms with Crippen molar-refractivity contribution in [2.45, 2.75) is 441 Å². The van der Waals surface area contributed by atoms with E-state index in [0.717, 1.165) is 174 Å². The lowest BCUT2D eigenvalue weighted by atomic mass is 9.95. The van der Waals surface area contributed by atoms with Gasteiger partial charge >= 0.3 is 33.3 Å². The van der Waals surface area contributed by atoms with E-state index in [-0.39, 0.29) is 25.7 Å². The molecule has 612 valence electrons. The van der Waals surface area contributed by atoms with Crippen molar-refractivity contribution in [3.8, 4) is 0 Å². The van der Waals surface area contributed by atoms with Crippen molar-refractivity contribution in [3.05, 3.63) is 0 Å². The molecule has 0 spiro atoms. The first kappa shape index (κ1) is 97.4. The van der Waals surface area contributed by atoms with Crippen LogP contribution in [0, 0.1) is 0 Å². The minimum Gasteiger partial charge on any atom is -0.462 e. The molecule has 0 aromatic rings. The van der Waals surface area contributed by atoms with Crippen LogP contribution in [0.2, 0.25) is 0 Å². The molecule has 0 bridgehead atoms. The lowest BCUT2D eigenvalue weighted by Gasteiger charge is -2.46. The maximum absolute atomic E-state index is 14.5. The van der Waals surface area contributed by atoms with Crippen molar-refractivity contribution in [2.75, 3.05) is 19.9 Å². The number of nitrogens with one attached hydrogen (secondary N) is 2. The van der Waals surface area contributed by atoms with Gasteiger partial charge in [-0.15, -0.1) is 0 Å². The number of aliphatic hydroxyl groups excluding tert-OH is 5. The third-order valence-electron chi connectivity index (χ3n) is 19.7. The summed E-state index contributed by atoms with van der Waals surface area (Å²) < 4.78 is 72.4. The first-order valence-electron chi connectivity index (χ1n) is 41.0. The summed E-state index contributed by atoms with van der Waals surface area (Å²) in [6.45, 7) is 9.69. The van der Waals surface area contributed by atoms with Crippen molar-refractivity contribution >= 4 is 45.1 Å². The van der Waals surface area contributed by atoms with Gasteiger partial charge < -0.3 is 79.3 Å². The molecule has 2 saturated heterocycles. The number of aliphatic hydroxyl groups is 5. The number of phosphoric acid groups is 1. The van der Waals surface area contributed by atoms with Crippen molar-refractivity contribution in [2.24, 2.45) is 0 Å². The molecular weight excluding hydrogens is 1380 g/mol. The van der Waals surface area contributed by atoms with Gasteiger partial charge in [0.2, 0.25) is 11.8 Å². The van der Waals surface area contributed by atoms with Gasteiger partial charge in [-0.05, 0) is 44.9 Å². The summed E-state index contributed by atoms with van der Waals surface area (Å²) in [6, 6.07) is -3.59. The molecule has 0 radical (unpaired) electrons. The number of phosphoric ester groups is 1. The Labute approximate surface area is 625 Å². The number of hydrogen-bond acceptors (Lipinski definition) is 20. The number of esters is 3. The Bertz CT molecular complexity index is 2300. The van der Waals surface area contributed by atoms with E-state index in [4.69, 9.17) is 37.5 Å². The van der Waals surface area contributed by atoms with Gasteiger partial charge in [-0.2, -0.15) is 0 Å². The van der Waals surface area contributed by atoms with E-state index in [1.54, 1.807) is 0 Å². The number of ether oxygens (including phenoxy) is 6. The average Bonchev–Trinajstić information content (AvgIpc) is 0.785. The molecule has 0 saturated carbocycles. The maximum Gasteiger partial charge on any atom is 0.470 e. The molecule has 11 unspecified atom stereocenters. The SMILES string of the molecule is CCCCCCCCCCCC(=O)O[C@H](CCCCCCCCCCC)CC(=O)NC1C(OP(C)(=O)O)OC(COC2OC(CO)C(OP(=O)(O)O)C(O)C2NC(=O)C[C@@H](CCCCCCCCC)OC(=O)C[C@H](O)CCCCCCCCCCC)C(O)C1OC(=O)C[C@H](O)CCCCCCCCC. The van der Waals surface area contributed by atoms with E-state index in [1.165, 1.54) is 64.2 Å². The van der Waals surface area contributed by atoms with E-state index < -0.39 is 163 Å². The number of unbranched alkanes of at least 4 members (excludes halogenated alkanes) is 36. The van der Waals surface area contributed by atoms with Crippen LogP contribution < -0.4 is 10.6 Å². The second-order valence-electron chi connectivity index (χ2n) is 29.7. The quantitative estimate of drug-likeness (QED) is 0.0117. The first-order valence-corrected chi connectivity index (χ1v) is 44.6. The molecular formula is C77H146N2O23P2. The fourth-order valence-corrected chi connectivity index (χ4v) is 14.8. The molecule has 0 aromatic carbocycles. The van der Waals surface area contributed by atoms with Gasteiger partial charge in [0, 0.05) is 13.1 Å². The van der Waals surface area contributed by atoms with E-state index in [1.807, 2.05) is 0 Å². The number of amides is 2. The van der Waals surface area contributed by atoms with Gasteiger partial charge in [-0.1, -0.05) is 279 Å². The highest BCUT2D eigenvalue weighted by atomic mass is 31.2. The molecule has 0 aromatic heterocycles. The van der Waals surface area contributed by atoms with Gasteiger partial charge in [0.1, 0.15) is 54.8 Å². The first-order chi connectivity index (χ1) is 49.9. The summed E-state index contributed by atoms with van der Waals surface area (Å²) >= 11 is 0. The Hall–Kier alpha value is -2.71. The van der Waals surface area contributed by atoms with Crippen LogP contribution >= 0.6 is 15.4 Å². The summed E-state index contributed by atoms with van der Waals surface area (Å²) in [5, 5.41) is 62.2. The Morgan fingerprint density at radius 1 is 0.413 bits per heavy atom. The van der Waals surface area contributed by atoms with Crippen molar-refractivity contribution in [3.63, 3.8) is 0 Å². The lowest BCUT2D eigenvalue weighted by molar-refractivity contribution is -0.294. The van der Waals surface area contributed by atoms with Crippen LogP contribution in [-0.4, -0.2) is 176 Å². The zero-order valence-corrected chi connectivity index (χ0v) is 66.7. The van der Waals surface area contributed by atoms with E-state index in [0.29, 0.717) is 44.9 Å². The Morgan fingerprint density at radius 3 is 1.16 bits per heavy atom. The summed E-state index contributed by atoms with van der Waals surface area (Å²) in [6.07, 6.45) is 21.1. The zero-order valence-electron chi connectivity index (χ0n) is 64.9. The minimum absolute atomic E-state index is 0.141. The monoisotopic (exact) mass is 1530 g/mol. The van der Waals surface area contributed by atoms with Crippen LogP contribution in [-0.2, 0) is 70.6 Å². The van der Waals surface area contributed by atoms with Gasteiger partial charge in [-0.3, -0.25) is 37.6 Å². The highest BCUT2D eigenvalue weighted by molar-refractivity contribution is 7.51. The third kappa shape index (κ3) is 48.1. The topological polar surface area (TPSA) is 379 Å². The Morgan fingerprint density at radius 2 is 0.769 bits per heavy atom. The maximum atomic E-state index is 14.5. The fraction of sp³-hybridized carbons (Fsp3) is 0.935. The molecule has 2 aliphatic rings. The molecule has 25 nitrogen and oxygen atoms in total. The summed E-state index contributed by atoms with van der Waals surface area (Å²) in [4.78, 5) is 101. The van der Waals surface area contributed by atoms with Crippen molar-refractivity contribution in [1.82, 2.24) is 10.6 Å². The van der Waals surface area contributed by atoms with E-state index in [9.17, 15) is 73.3 Å². The number of carbonyl (C=O) groups excluding carboxylic acids is 5. The molecule has 10 N–H and O–H groups in total. The molecule has 2 rings (SSSR count). The van der Waals surface area contributed by atoms with Crippen LogP contribution in [0.4, 0.5) is 0 Å². The molecule has 104 heavy (non-hydrogen) atoms. The van der Waals surface area contributed by atoms with Gasteiger partial charge in [0.25, 0.3) is 0 Å². The molecule has 27 heteroatoms. The van der Waals surface area contributed by atoms with Crippen molar-refractivity contribution in [1.29, 1.82) is 0 Å². The van der Waals surface area contributed by atoms with Crippen LogP contribution in [0.1, 0.15) is 356 Å². The average molecular weight is 1530 g/mol. The molecule has 2 amide bonds. The molecule has 2 fully saturated rings. The third-order valence-corrected chi connectivity index (χ3v) is 20.8. The zero-order chi connectivity index (χ0) is 76.8. The molecule has 0 aliphatic carbocycles. The van der Waals surface area contributed by atoms with Gasteiger partial charge in [0.05, 0.1) is 51.1 Å². The highest BCUT2D eigenvalue weighted by Gasteiger charge is 2.53. The Balaban J connectivity index is 2.56. The number of hydrogen-bond donors (Lipinski definition) is 10. The molecule has 2 heterocycles. The Kier molecular flexibility index (Phi) is 56.2. The van der Waals surface area contributed by atoms with Gasteiger partial charge in [-0.25, -0.2) is 4.57 Å². The molecule has 2 aliphatic heterocycles. The van der Waals surface area contributed by atoms with Crippen LogP contribution in [0.5, 0.6) is 0 Å². The number of rotatable bonds is 67. The van der Waals surface area contributed by atoms with Gasteiger partial charge in [0.15, 0.2) is 18.7 Å². The van der Waals surface area contributed by atoms with Crippen LogP contribution in [0.3, 0.4) is 0 Å². The molecule has 15 atom stereocenters. The van der Waals surface area contributed by atoms with E-state index >= 15 is 0 Å². The number of carbonyl (C=O) groups is 5. The lowest BCUT2D eigenvalue weighted by Crippen LogP contribution is -2.67. The predicted octanol–water partition coefficient (Wildman–Crippen LogP) is 14.5. The summed E-state index contributed by atoms with van der Waals surface area (Å²) in [7, 11) is -10.1.